The second kappa shape index (κ2) is 8.98. The van der Waals surface area contributed by atoms with Gasteiger partial charge in [-0.1, -0.05) is 6.92 Å². The molecule has 20 heavy (non-hydrogen) atoms. The number of rotatable bonds is 7. The van der Waals surface area contributed by atoms with Crippen molar-refractivity contribution in [3.05, 3.63) is 0 Å². The Hall–Kier alpha value is -0.160. The van der Waals surface area contributed by atoms with Crippen molar-refractivity contribution >= 4 is 0 Å². The summed E-state index contributed by atoms with van der Waals surface area (Å²) in [5, 5.41) is 0. The summed E-state index contributed by atoms with van der Waals surface area (Å²) in [7, 11) is 0. The molecule has 0 saturated carbocycles. The van der Waals surface area contributed by atoms with Crippen LogP contribution in [0.15, 0.2) is 0 Å². The lowest BCUT2D eigenvalue weighted by atomic mass is 10.1. The quantitative estimate of drug-likeness (QED) is 0.772. The van der Waals surface area contributed by atoms with Crippen LogP contribution < -0.4 is 5.73 Å². The van der Waals surface area contributed by atoms with Crippen LogP contribution in [0, 0.1) is 0 Å². The van der Waals surface area contributed by atoms with Crippen molar-refractivity contribution in [3.63, 3.8) is 0 Å². The molecule has 4 heteroatoms. The van der Waals surface area contributed by atoms with E-state index in [2.05, 4.69) is 16.7 Å². The largest absolute Gasteiger partial charge is 0.378 e. The average Bonchev–Trinajstić information content (AvgIpc) is 2.88. The van der Waals surface area contributed by atoms with Crippen molar-refractivity contribution in [2.24, 2.45) is 5.73 Å². The van der Waals surface area contributed by atoms with Crippen LogP contribution in [0.3, 0.4) is 0 Å². The molecule has 0 bridgehead atoms. The number of nitrogens with zero attached hydrogens (tertiary/aromatic N) is 2. The summed E-state index contributed by atoms with van der Waals surface area (Å²) in [6.07, 6.45) is 7.96. The summed E-state index contributed by atoms with van der Waals surface area (Å²) < 4.78 is 5.73. The molecular formula is C16H33N3O. The predicted molar refractivity (Wildman–Crippen MR) is 84.0 cm³/mol. The Balaban J connectivity index is 1.70. The summed E-state index contributed by atoms with van der Waals surface area (Å²) in [5.74, 6) is 0. The van der Waals surface area contributed by atoms with E-state index in [0.29, 0.717) is 12.1 Å². The van der Waals surface area contributed by atoms with E-state index in [1.165, 1.54) is 64.8 Å². The first-order chi connectivity index (χ1) is 9.83. The lowest BCUT2D eigenvalue weighted by Crippen LogP contribution is -2.39. The molecule has 0 radical (unpaired) electrons. The van der Waals surface area contributed by atoms with Gasteiger partial charge in [0.15, 0.2) is 0 Å². The van der Waals surface area contributed by atoms with Gasteiger partial charge in [0.25, 0.3) is 0 Å². The molecule has 0 spiro atoms. The van der Waals surface area contributed by atoms with Crippen LogP contribution in [-0.2, 0) is 4.74 Å². The average molecular weight is 283 g/mol. The third kappa shape index (κ3) is 4.99. The van der Waals surface area contributed by atoms with Gasteiger partial charge in [-0.2, -0.15) is 0 Å². The molecule has 0 aromatic heterocycles. The monoisotopic (exact) mass is 283 g/mol. The molecule has 2 N–H and O–H groups in total. The minimum Gasteiger partial charge on any atom is -0.378 e. The van der Waals surface area contributed by atoms with Gasteiger partial charge in [-0.05, 0) is 58.2 Å². The van der Waals surface area contributed by atoms with E-state index in [1.807, 2.05) is 0 Å². The summed E-state index contributed by atoms with van der Waals surface area (Å²) in [5.41, 5.74) is 5.74. The molecule has 2 aliphatic heterocycles. The molecule has 0 amide bonds. The summed E-state index contributed by atoms with van der Waals surface area (Å²) >= 11 is 0. The Bertz CT molecular complexity index is 256. The third-order valence-corrected chi connectivity index (χ3v) is 4.90. The van der Waals surface area contributed by atoms with Crippen LogP contribution in [0.25, 0.3) is 0 Å². The second-order valence-electron chi connectivity index (χ2n) is 6.29. The van der Waals surface area contributed by atoms with Crippen LogP contribution >= 0.6 is 0 Å². The van der Waals surface area contributed by atoms with Crippen LogP contribution in [0.5, 0.6) is 0 Å². The van der Waals surface area contributed by atoms with Crippen LogP contribution in [0.2, 0.25) is 0 Å². The fraction of sp³-hybridized carbons (Fsp3) is 1.00. The molecule has 2 heterocycles. The van der Waals surface area contributed by atoms with E-state index < -0.39 is 0 Å². The van der Waals surface area contributed by atoms with Gasteiger partial charge in [-0.15, -0.1) is 0 Å². The molecule has 2 aliphatic rings. The van der Waals surface area contributed by atoms with Crippen molar-refractivity contribution in [1.82, 2.24) is 9.80 Å². The van der Waals surface area contributed by atoms with E-state index in [1.54, 1.807) is 0 Å². The normalized spacial score (nSPS) is 27.6. The third-order valence-electron chi connectivity index (χ3n) is 4.90. The van der Waals surface area contributed by atoms with Crippen LogP contribution in [0.1, 0.15) is 45.4 Å². The minimum absolute atomic E-state index is 0.537. The molecule has 2 unspecified atom stereocenters. The maximum absolute atomic E-state index is 5.74. The molecule has 2 rings (SSSR count). The number of nitrogens with two attached hydrogens (primary N) is 1. The standard InChI is InChI=1S/C16H33N3O/c1-2-15(6-8-17)19-10-4-9-18(12-13-19)11-7-16-5-3-14-20-16/h15-16H,2-14,17H2,1H3. The molecule has 118 valence electrons. The Morgan fingerprint density at radius 1 is 1.20 bits per heavy atom. The molecule has 2 fully saturated rings. The molecular weight excluding hydrogens is 250 g/mol. The van der Waals surface area contributed by atoms with Gasteiger partial charge in [0, 0.05) is 32.3 Å². The smallest absolute Gasteiger partial charge is 0.0588 e. The van der Waals surface area contributed by atoms with Crippen molar-refractivity contribution in [2.45, 2.75) is 57.6 Å². The maximum Gasteiger partial charge on any atom is 0.0588 e. The number of hydrogen-bond donors (Lipinski definition) is 1. The zero-order chi connectivity index (χ0) is 14.2. The van der Waals surface area contributed by atoms with Crippen molar-refractivity contribution < 1.29 is 4.74 Å². The van der Waals surface area contributed by atoms with Crippen LogP contribution in [-0.4, -0.2) is 67.8 Å². The molecule has 2 saturated heterocycles. The van der Waals surface area contributed by atoms with Gasteiger partial charge in [0.1, 0.15) is 0 Å². The van der Waals surface area contributed by atoms with E-state index in [4.69, 9.17) is 10.5 Å². The fourth-order valence-corrected chi connectivity index (χ4v) is 3.62. The summed E-state index contributed by atoms with van der Waals surface area (Å²) in [4.78, 5) is 5.30. The first-order valence-corrected chi connectivity index (χ1v) is 8.61. The minimum atomic E-state index is 0.537. The zero-order valence-electron chi connectivity index (χ0n) is 13.2. The zero-order valence-corrected chi connectivity index (χ0v) is 13.2. The lowest BCUT2D eigenvalue weighted by molar-refractivity contribution is 0.0919. The van der Waals surface area contributed by atoms with Gasteiger partial charge < -0.3 is 15.4 Å². The van der Waals surface area contributed by atoms with Crippen LogP contribution in [0.4, 0.5) is 0 Å². The SMILES string of the molecule is CCC(CCN)N1CCCN(CCC2CCCO2)CC1. The first kappa shape index (κ1) is 16.2. The van der Waals surface area contributed by atoms with E-state index >= 15 is 0 Å². The topological polar surface area (TPSA) is 41.7 Å². The highest BCUT2D eigenvalue weighted by Crippen LogP contribution is 2.17. The van der Waals surface area contributed by atoms with Crippen molar-refractivity contribution in [2.75, 3.05) is 45.9 Å². The van der Waals surface area contributed by atoms with Gasteiger partial charge in [-0.25, -0.2) is 0 Å². The molecule has 4 nitrogen and oxygen atoms in total. The molecule has 0 aliphatic carbocycles. The van der Waals surface area contributed by atoms with E-state index in [9.17, 15) is 0 Å². The van der Waals surface area contributed by atoms with Gasteiger partial charge in [0.05, 0.1) is 6.10 Å². The highest BCUT2D eigenvalue weighted by molar-refractivity contribution is 4.77. The predicted octanol–water partition coefficient (Wildman–Crippen LogP) is 1.69. The first-order valence-electron chi connectivity index (χ1n) is 8.61. The Morgan fingerprint density at radius 2 is 2.10 bits per heavy atom. The van der Waals surface area contributed by atoms with E-state index in [-0.39, 0.29) is 0 Å². The van der Waals surface area contributed by atoms with Gasteiger partial charge in [-0.3, -0.25) is 4.90 Å². The fourth-order valence-electron chi connectivity index (χ4n) is 3.62. The van der Waals surface area contributed by atoms with Gasteiger partial charge >= 0.3 is 0 Å². The number of hydrogen-bond acceptors (Lipinski definition) is 4. The maximum atomic E-state index is 5.74. The Kier molecular flexibility index (Phi) is 7.28. The molecule has 0 aromatic rings. The second-order valence-corrected chi connectivity index (χ2v) is 6.29. The lowest BCUT2D eigenvalue weighted by Gasteiger charge is -2.29. The summed E-state index contributed by atoms with van der Waals surface area (Å²) in [6, 6.07) is 0.693. The van der Waals surface area contributed by atoms with Crippen molar-refractivity contribution in [3.8, 4) is 0 Å². The van der Waals surface area contributed by atoms with Crippen molar-refractivity contribution in [1.29, 1.82) is 0 Å². The number of ether oxygens (including phenoxy) is 1. The Labute approximate surface area is 124 Å². The Morgan fingerprint density at radius 3 is 2.80 bits per heavy atom. The van der Waals surface area contributed by atoms with Gasteiger partial charge in [0.2, 0.25) is 0 Å². The highest BCUT2D eigenvalue weighted by atomic mass is 16.5. The van der Waals surface area contributed by atoms with E-state index in [0.717, 1.165) is 19.6 Å². The summed E-state index contributed by atoms with van der Waals surface area (Å²) in [6.45, 7) is 10.2. The highest BCUT2D eigenvalue weighted by Gasteiger charge is 2.22. The molecule has 2 atom stereocenters. The molecule has 0 aromatic carbocycles.